The third-order valence-electron chi connectivity index (χ3n) is 2.75. The zero-order valence-corrected chi connectivity index (χ0v) is 12.2. The second kappa shape index (κ2) is 6.92. The molecule has 0 heterocycles. The molecular weight excluding hydrogens is 230 g/mol. The maximum absolute atomic E-state index is 5.42. The predicted molar refractivity (Wildman–Crippen MR) is 76.1 cm³/mol. The standard InChI is InChI=1S/C14H23NOS/c1-10(2)14(9-15-4)17-13-8-11(3)6-7-12(13)16-5/h6-8,10,14-15H,9H2,1-5H3. The fraction of sp³-hybridized carbons (Fsp3) is 0.571. The van der Waals surface area contributed by atoms with E-state index in [4.69, 9.17) is 4.74 Å². The van der Waals surface area contributed by atoms with Gasteiger partial charge in [-0.25, -0.2) is 0 Å². The van der Waals surface area contributed by atoms with Crippen LogP contribution in [0.3, 0.4) is 0 Å². The first-order valence-corrected chi connectivity index (χ1v) is 6.92. The van der Waals surface area contributed by atoms with Crippen molar-refractivity contribution in [3.8, 4) is 5.75 Å². The maximum atomic E-state index is 5.42. The van der Waals surface area contributed by atoms with Crippen LogP contribution in [0.5, 0.6) is 5.75 Å². The van der Waals surface area contributed by atoms with E-state index in [1.807, 2.05) is 18.8 Å². The Morgan fingerprint density at radius 2 is 2.06 bits per heavy atom. The molecule has 96 valence electrons. The molecule has 1 atom stereocenters. The van der Waals surface area contributed by atoms with Gasteiger partial charge in [0.25, 0.3) is 0 Å². The molecule has 2 nitrogen and oxygen atoms in total. The van der Waals surface area contributed by atoms with E-state index in [-0.39, 0.29) is 0 Å². The van der Waals surface area contributed by atoms with Crippen molar-refractivity contribution in [1.29, 1.82) is 0 Å². The highest BCUT2D eigenvalue weighted by atomic mass is 32.2. The molecule has 0 bridgehead atoms. The molecule has 0 aromatic heterocycles. The lowest BCUT2D eigenvalue weighted by Gasteiger charge is -2.21. The number of ether oxygens (including phenoxy) is 1. The highest BCUT2D eigenvalue weighted by molar-refractivity contribution is 8.00. The minimum absolute atomic E-state index is 0.565. The van der Waals surface area contributed by atoms with Crippen molar-refractivity contribution in [2.45, 2.75) is 30.9 Å². The van der Waals surface area contributed by atoms with Crippen LogP contribution in [-0.4, -0.2) is 26.0 Å². The zero-order valence-electron chi connectivity index (χ0n) is 11.4. The number of methoxy groups -OCH3 is 1. The monoisotopic (exact) mass is 253 g/mol. The van der Waals surface area contributed by atoms with E-state index in [2.05, 4.69) is 44.3 Å². The highest BCUT2D eigenvalue weighted by Crippen LogP contribution is 2.35. The van der Waals surface area contributed by atoms with Gasteiger partial charge in [0.2, 0.25) is 0 Å². The highest BCUT2D eigenvalue weighted by Gasteiger charge is 2.16. The SMILES string of the molecule is CNCC(Sc1cc(C)ccc1OC)C(C)C. The molecule has 0 aliphatic carbocycles. The average molecular weight is 253 g/mol. The lowest BCUT2D eigenvalue weighted by Crippen LogP contribution is -2.25. The largest absolute Gasteiger partial charge is 0.496 e. The number of aryl methyl sites for hydroxylation is 1. The van der Waals surface area contributed by atoms with Crippen molar-refractivity contribution in [3.05, 3.63) is 23.8 Å². The molecule has 0 aliphatic rings. The van der Waals surface area contributed by atoms with Crippen LogP contribution in [0.2, 0.25) is 0 Å². The minimum Gasteiger partial charge on any atom is -0.496 e. The van der Waals surface area contributed by atoms with Crippen LogP contribution in [0, 0.1) is 12.8 Å². The molecule has 1 rings (SSSR count). The average Bonchev–Trinajstić information content (AvgIpc) is 2.28. The van der Waals surface area contributed by atoms with Gasteiger partial charge < -0.3 is 10.1 Å². The topological polar surface area (TPSA) is 21.3 Å². The first-order valence-electron chi connectivity index (χ1n) is 6.04. The number of hydrogen-bond acceptors (Lipinski definition) is 3. The first kappa shape index (κ1) is 14.4. The molecule has 3 heteroatoms. The molecule has 1 aromatic rings. The Morgan fingerprint density at radius 1 is 1.35 bits per heavy atom. The maximum Gasteiger partial charge on any atom is 0.132 e. The summed E-state index contributed by atoms with van der Waals surface area (Å²) in [5, 5.41) is 3.83. The van der Waals surface area contributed by atoms with Gasteiger partial charge in [0.15, 0.2) is 0 Å². The summed E-state index contributed by atoms with van der Waals surface area (Å²) in [6, 6.07) is 6.34. The third-order valence-corrected chi connectivity index (χ3v) is 4.33. The summed E-state index contributed by atoms with van der Waals surface area (Å²) in [5.41, 5.74) is 1.28. The van der Waals surface area contributed by atoms with Crippen LogP contribution >= 0.6 is 11.8 Å². The van der Waals surface area contributed by atoms with E-state index < -0.39 is 0 Å². The number of benzene rings is 1. The van der Waals surface area contributed by atoms with Crippen molar-refractivity contribution < 1.29 is 4.74 Å². The molecule has 0 aliphatic heterocycles. The van der Waals surface area contributed by atoms with Crippen LogP contribution in [0.25, 0.3) is 0 Å². The first-order chi connectivity index (χ1) is 8.08. The van der Waals surface area contributed by atoms with Crippen molar-refractivity contribution in [2.24, 2.45) is 5.92 Å². The molecule has 0 radical (unpaired) electrons. The molecule has 0 amide bonds. The van der Waals surface area contributed by atoms with E-state index in [1.54, 1.807) is 7.11 Å². The Hall–Kier alpha value is -0.670. The van der Waals surface area contributed by atoms with Gasteiger partial charge in [0.1, 0.15) is 5.75 Å². The molecule has 1 aromatic carbocycles. The number of hydrogen-bond donors (Lipinski definition) is 1. The number of rotatable bonds is 6. The molecule has 0 spiro atoms. The van der Waals surface area contributed by atoms with Crippen LogP contribution in [0.4, 0.5) is 0 Å². The van der Waals surface area contributed by atoms with Gasteiger partial charge in [-0.05, 0) is 37.6 Å². The van der Waals surface area contributed by atoms with Crippen LogP contribution < -0.4 is 10.1 Å². The van der Waals surface area contributed by atoms with Crippen LogP contribution in [0.1, 0.15) is 19.4 Å². The summed E-state index contributed by atoms with van der Waals surface area (Å²) in [4.78, 5) is 1.24. The van der Waals surface area contributed by atoms with Gasteiger partial charge in [-0.1, -0.05) is 19.9 Å². The Kier molecular flexibility index (Phi) is 5.86. The summed E-state index contributed by atoms with van der Waals surface area (Å²) < 4.78 is 5.42. The summed E-state index contributed by atoms with van der Waals surface area (Å²) in [7, 11) is 3.74. The quantitative estimate of drug-likeness (QED) is 0.786. The summed E-state index contributed by atoms with van der Waals surface area (Å²) in [6.45, 7) is 7.65. The van der Waals surface area contributed by atoms with E-state index >= 15 is 0 Å². The van der Waals surface area contributed by atoms with Crippen LogP contribution in [-0.2, 0) is 0 Å². The lowest BCUT2D eigenvalue weighted by molar-refractivity contribution is 0.404. The fourth-order valence-electron chi connectivity index (χ4n) is 1.65. The summed E-state index contributed by atoms with van der Waals surface area (Å²) >= 11 is 1.90. The van der Waals surface area contributed by atoms with Gasteiger partial charge in [0.05, 0.1) is 7.11 Å². The van der Waals surface area contributed by atoms with Gasteiger partial charge in [-0.3, -0.25) is 0 Å². The molecule has 1 unspecified atom stereocenters. The smallest absolute Gasteiger partial charge is 0.132 e. The van der Waals surface area contributed by atoms with E-state index in [0.29, 0.717) is 11.2 Å². The normalized spacial score (nSPS) is 12.8. The second-order valence-electron chi connectivity index (χ2n) is 4.61. The third kappa shape index (κ3) is 4.25. The second-order valence-corrected chi connectivity index (χ2v) is 5.89. The van der Waals surface area contributed by atoms with Gasteiger partial charge in [-0.2, -0.15) is 0 Å². The molecule has 0 saturated carbocycles. The molecule has 17 heavy (non-hydrogen) atoms. The predicted octanol–water partition coefficient (Wildman–Crippen LogP) is 3.34. The Morgan fingerprint density at radius 3 is 2.59 bits per heavy atom. The molecule has 1 N–H and O–H groups in total. The van der Waals surface area contributed by atoms with Gasteiger partial charge in [0, 0.05) is 16.7 Å². The van der Waals surface area contributed by atoms with E-state index in [1.165, 1.54) is 10.5 Å². The van der Waals surface area contributed by atoms with Crippen molar-refractivity contribution >= 4 is 11.8 Å². The van der Waals surface area contributed by atoms with E-state index in [9.17, 15) is 0 Å². The zero-order chi connectivity index (χ0) is 12.8. The fourth-order valence-corrected chi connectivity index (χ4v) is 3.02. The Bertz CT molecular complexity index is 352. The number of thioether (sulfide) groups is 1. The lowest BCUT2D eigenvalue weighted by atomic mass is 10.1. The number of nitrogens with one attached hydrogen (secondary N) is 1. The van der Waals surface area contributed by atoms with Gasteiger partial charge >= 0.3 is 0 Å². The van der Waals surface area contributed by atoms with Crippen molar-refractivity contribution in [1.82, 2.24) is 5.32 Å². The minimum atomic E-state index is 0.565. The Balaban J connectivity index is 2.87. The van der Waals surface area contributed by atoms with Crippen molar-refractivity contribution in [2.75, 3.05) is 20.7 Å². The molecule has 0 fully saturated rings. The van der Waals surface area contributed by atoms with Crippen LogP contribution in [0.15, 0.2) is 23.1 Å². The molecular formula is C14H23NOS. The van der Waals surface area contributed by atoms with E-state index in [0.717, 1.165) is 12.3 Å². The Labute approximate surface area is 109 Å². The van der Waals surface area contributed by atoms with Crippen molar-refractivity contribution in [3.63, 3.8) is 0 Å². The summed E-state index contributed by atoms with van der Waals surface area (Å²) in [6.07, 6.45) is 0. The summed E-state index contributed by atoms with van der Waals surface area (Å²) in [5.74, 6) is 1.61. The molecule has 0 saturated heterocycles. The van der Waals surface area contributed by atoms with Gasteiger partial charge in [-0.15, -0.1) is 11.8 Å².